The van der Waals surface area contributed by atoms with Crippen LogP contribution in [0.4, 0.5) is 10.5 Å². The zero-order valence-corrected chi connectivity index (χ0v) is 12.8. The smallest absolute Gasteiger partial charge is 0.321 e. The minimum atomic E-state index is -0.0844. The standard InChI is InChI=1S/C16H26N2O2/c1-4-5-9-18(10-6-11-19)16(20)17-15-8-7-13(2)12-14(15)3/h7-8,12,19H,4-6,9-11H2,1-3H3,(H,17,20). The van der Waals surface area contributed by atoms with Gasteiger partial charge in [0.25, 0.3) is 0 Å². The van der Waals surface area contributed by atoms with Gasteiger partial charge in [0, 0.05) is 25.4 Å². The van der Waals surface area contributed by atoms with Crippen LogP contribution in [0.5, 0.6) is 0 Å². The average Bonchev–Trinajstić information content (AvgIpc) is 2.42. The Labute approximate surface area is 121 Å². The zero-order valence-electron chi connectivity index (χ0n) is 12.8. The highest BCUT2D eigenvalue weighted by molar-refractivity contribution is 5.90. The summed E-state index contributed by atoms with van der Waals surface area (Å²) in [5.74, 6) is 0. The number of nitrogens with one attached hydrogen (secondary N) is 1. The van der Waals surface area contributed by atoms with Gasteiger partial charge in [0.1, 0.15) is 0 Å². The maximum absolute atomic E-state index is 12.3. The molecule has 0 fully saturated rings. The highest BCUT2D eigenvalue weighted by Crippen LogP contribution is 2.16. The minimum absolute atomic E-state index is 0.0844. The van der Waals surface area contributed by atoms with E-state index < -0.39 is 0 Å². The molecule has 0 unspecified atom stereocenters. The Morgan fingerprint density at radius 2 is 1.95 bits per heavy atom. The lowest BCUT2D eigenvalue weighted by molar-refractivity contribution is 0.201. The van der Waals surface area contributed by atoms with E-state index in [1.807, 2.05) is 26.0 Å². The van der Waals surface area contributed by atoms with E-state index in [0.717, 1.165) is 30.6 Å². The maximum Gasteiger partial charge on any atom is 0.321 e. The summed E-state index contributed by atoms with van der Waals surface area (Å²) in [6.45, 7) is 7.56. The van der Waals surface area contributed by atoms with Crippen LogP contribution in [0.15, 0.2) is 18.2 Å². The van der Waals surface area contributed by atoms with Crippen molar-refractivity contribution in [3.05, 3.63) is 29.3 Å². The van der Waals surface area contributed by atoms with E-state index in [2.05, 4.69) is 18.3 Å². The summed E-state index contributed by atoms with van der Waals surface area (Å²) in [5, 5.41) is 11.9. The third-order valence-corrected chi connectivity index (χ3v) is 3.28. The normalized spacial score (nSPS) is 10.4. The summed E-state index contributed by atoms with van der Waals surface area (Å²) in [6.07, 6.45) is 2.64. The van der Waals surface area contributed by atoms with Crippen LogP contribution in [0, 0.1) is 13.8 Å². The molecule has 4 heteroatoms. The molecule has 0 aliphatic heterocycles. The van der Waals surface area contributed by atoms with Gasteiger partial charge < -0.3 is 15.3 Å². The van der Waals surface area contributed by atoms with Crippen molar-refractivity contribution in [2.45, 2.75) is 40.0 Å². The predicted octanol–water partition coefficient (Wildman–Crippen LogP) is 3.32. The van der Waals surface area contributed by atoms with Gasteiger partial charge in [-0.15, -0.1) is 0 Å². The van der Waals surface area contributed by atoms with Crippen LogP contribution in [-0.4, -0.2) is 35.7 Å². The van der Waals surface area contributed by atoms with Crippen molar-refractivity contribution in [1.29, 1.82) is 0 Å². The number of hydrogen-bond acceptors (Lipinski definition) is 2. The molecule has 0 saturated heterocycles. The first-order valence-electron chi connectivity index (χ1n) is 7.32. The van der Waals surface area contributed by atoms with Gasteiger partial charge in [-0.2, -0.15) is 0 Å². The molecular weight excluding hydrogens is 252 g/mol. The van der Waals surface area contributed by atoms with Gasteiger partial charge in [0.2, 0.25) is 0 Å². The second-order valence-corrected chi connectivity index (χ2v) is 5.17. The largest absolute Gasteiger partial charge is 0.396 e. The number of hydrogen-bond donors (Lipinski definition) is 2. The highest BCUT2D eigenvalue weighted by Gasteiger charge is 2.13. The van der Waals surface area contributed by atoms with E-state index in [9.17, 15) is 4.79 Å². The molecule has 0 bridgehead atoms. The number of amides is 2. The lowest BCUT2D eigenvalue weighted by Crippen LogP contribution is -2.37. The number of urea groups is 1. The van der Waals surface area contributed by atoms with Crippen molar-refractivity contribution in [2.75, 3.05) is 25.0 Å². The molecule has 2 amide bonds. The zero-order chi connectivity index (χ0) is 15.0. The molecule has 4 nitrogen and oxygen atoms in total. The van der Waals surface area contributed by atoms with Crippen LogP contribution in [-0.2, 0) is 0 Å². The third-order valence-electron chi connectivity index (χ3n) is 3.28. The van der Waals surface area contributed by atoms with E-state index in [1.165, 1.54) is 5.56 Å². The molecule has 20 heavy (non-hydrogen) atoms. The first kappa shape index (κ1) is 16.5. The molecule has 1 aromatic carbocycles. The van der Waals surface area contributed by atoms with E-state index >= 15 is 0 Å². The molecule has 0 spiro atoms. The number of aryl methyl sites for hydroxylation is 2. The number of anilines is 1. The number of carbonyl (C=O) groups is 1. The minimum Gasteiger partial charge on any atom is -0.396 e. The van der Waals surface area contributed by atoms with Crippen molar-refractivity contribution >= 4 is 11.7 Å². The number of unbranched alkanes of at least 4 members (excludes halogenated alkanes) is 1. The summed E-state index contributed by atoms with van der Waals surface area (Å²) in [6, 6.07) is 5.90. The van der Waals surface area contributed by atoms with E-state index in [-0.39, 0.29) is 12.6 Å². The van der Waals surface area contributed by atoms with E-state index in [4.69, 9.17) is 5.11 Å². The van der Waals surface area contributed by atoms with Crippen molar-refractivity contribution in [3.63, 3.8) is 0 Å². The van der Waals surface area contributed by atoms with Gasteiger partial charge in [0.05, 0.1) is 0 Å². The number of nitrogens with zero attached hydrogens (tertiary/aromatic N) is 1. The molecule has 2 N–H and O–H groups in total. The van der Waals surface area contributed by atoms with Gasteiger partial charge >= 0.3 is 6.03 Å². The van der Waals surface area contributed by atoms with Gasteiger partial charge in [-0.25, -0.2) is 4.79 Å². The second-order valence-electron chi connectivity index (χ2n) is 5.17. The maximum atomic E-state index is 12.3. The Morgan fingerprint density at radius 1 is 1.25 bits per heavy atom. The Hall–Kier alpha value is -1.55. The lowest BCUT2D eigenvalue weighted by atomic mass is 10.1. The summed E-state index contributed by atoms with van der Waals surface area (Å²) >= 11 is 0. The van der Waals surface area contributed by atoms with Gasteiger partial charge in [0.15, 0.2) is 0 Å². The molecule has 1 aromatic rings. The SMILES string of the molecule is CCCCN(CCCO)C(=O)Nc1ccc(C)cc1C. The Morgan fingerprint density at radius 3 is 2.55 bits per heavy atom. The molecule has 0 aliphatic rings. The van der Waals surface area contributed by atoms with Crippen LogP contribution < -0.4 is 5.32 Å². The molecule has 112 valence electrons. The molecule has 0 heterocycles. The molecule has 1 rings (SSSR count). The van der Waals surface area contributed by atoms with Crippen molar-refractivity contribution in [3.8, 4) is 0 Å². The fraction of sp³-hybridized carbons (Fsp3) is 0.562. The number of benzene rings is 1. The van der Waals surface area contributed by atoms with Crippen molar-refractivity contribution in [2.24, 2.45) is 0 Å². The van der Waals surface area contributed by atoms with Crippen molar-refractivity contribution in [1.82, 2.24) is 4.90 Å². The van der Waals surface area contributed by atoms with Gasteiger partial charge in [-0.1, -0.05) is 31.0 Å². The number of aliphatic hydroxyl groups is 1. The van der Waals surface area contributed by atoms with Crippen LogP contribution in [0.1, 0.15) is 37.3 Å². The molecule has 0 saturated carbocycles. The van der Waals surface area contributed by atoms with Crippen LogP contribution in [0.3, 0.4) is 0 Å². The number of aliphatic hydroxyl groups excluding tert-OH is 1. The van der Waals surface area contributed by atoms with Crippen LogP contribution in [0.25, 0.3) is 0 Å². The first-order chi connectivity index (χ1) is 9.58. The topological polar surface area (TPSA) is 52.6 Å². The summed E-state index contributed by atoms with van der Waals surface area (Å²) in [5.41, 5.74) is 3.10. The molecule has 0 aromatic heterocycles. The summed E-state index contributed by atoms with van der Waals surface area (Å²) in [4.78, 5) is 14.1. The second kappa shape index (κ2) is 8.59. The average molecular weight is 278 g/mol. The van der Waals surface area contributed by atoms with Crippen molar-refractivity contribution < 1.29 is 9.90 Å². The van der Waals surface area contributed by atoms with Crippen LogP contribution >= 0.6 is 0 Å². The Bertz CT molecular complexity index is 424. The summed E-state index contributed by atoms with van der Waals surface area (Å²) < 4.78 is 0. The molecular formula is C16H26N2O2. The fourth-order valence-electron chi connectivity index (χ4n) is 2.07. The first-order valence-corrected chi connectivity index (χ1v) is 7.32. The van der Waals surface area contributed by atoms with Gasteiger partial charge in [-0.3, -0.25) is 0 Å². The Kier molecular flexibility index (Phi) is 7.09. The molecule has 0 atom stereocenters. The van der Waals surface area contributed by atoms with E-state index in [0.29, 0.717) is 13.0 Å². The highest BCUT2D eigenvalue weighted by atomic mass is 16.3. The fourth-order valence-corrected chi connectivity index (χ4v) is 2.07. The third kappa shape index (κ3) is 5.21. The number of carbonyl (C=O) groups excluding carboxylic acids is 1. The predicted molar refractivity (Wildman–Crippen MR) is 83.1 cm³/mol. The molecule has 0 radical (unpaired) electrons. The van der Waals surface area contributed by atoms with E-state index in [1.54, 1.807) is 4.90 Å². The quantitative estimate of drug-likeness (QED) is 0.804. The molecule has 0 aliphatic carbocycles. The Balaban J connectivity index is 2.68. The van der Waals surface area contributed by atoms with Gasteiger partial charge in [-0.05, 0) is 38.3 Å². The van der Waals surface area contributed by atoms with Crippen LogP contribution in [0.2, 0.25) is 0 Å². The summed E-state index contributed by atoms with van der Waals surface area (Å²) in [7, 11) is 0. The monoisotopic (exact) mass is 278 g/mol. The lowest BCUT2D eigenvalue weighted by Gasteiger charge is -2.23. The number of rotatable bonds is 7.